The van der Waals surface area contributed by atoms with Gasteiger partial charge in [-0.1, -0.05) is 6.07 Å². The summed E-state index contributed by atoms with van der Waals surface area (Å²) in [6.45, 7) is 3.14. The van der Waals surface area contributed by atoms with Crippen LogP contribution < -0.4 is 10.6 Å². The van der Waals surface area contributed by atoms with Crippen molar-refractivity contribution in [2.45, 2.75) is 25.0 Å². The first-order valence-electron chi connectivity index (χ1n) is 7.14. The fourth-order valence-corrected chi connectivity index (χ4v) is 3.40. The molecule has 2 N–H and O–H groups in total. The fourth-order valence-electron chi connectivity index (χ4n) is 2.76. The molecular weight excluding hydrogens is 290 g/mol. The van der Waals surface area contributed by atoms with Crippen LogP contribution in [0.25, 0.3) is 0 Å². The molecular formula is C14H19N3O3S. The van der Waals surface area contributed by atoms with Crippen molar-refractivity contribution >= 4 is 23.3 Å². The number of hydrogen-bond donors (Lipinski definition) is 2. The molecule has 0 saturated carbocycles. The number of hydrogen-bond acceptors (Lipinski definition) is 5. The van der Waals surface area contributed by atoms with E-state index >= 15 is 0 Å². The maximum atomic E-state index is 11.9. The number of piperidine rings is 1. The van der Waals surface area contributed by atoms with Gasteiger partial charge in [0.25, 0.3) is 0 Å². The highest BCUT2D eigenvalue weighted by atomic mass is 32.1. The standard InChI is InChI=1S/C14H19N3O3S/c18-12(15-8-11-2-1-7-21-11)9-17-5-3-14(4-6-17)10-16-13(19)20-14/h1-2,7H,3-6,8-10H2,(H,15,18)(H,16,19). The average Bonchev–Trinajstić information content (AvgIpc) is 3.10. The molecule has 2 fully saturated rings. The van der Waals surface area contributed by atoms with Gasteiger partial charge in [-0.2, -0.15) is 0 Å². The third-order valence-corrected chi connectivity index (χ3v) is 4.91. The topological polar surface area (TPSA) is 70.7 Å². The van der Waals surface area contributed by atoms with Crippen LogP contribution in [0.1, 0.15) is 17.7 Å². The van der Waals surface area contributed by atoms with Crippen LogP contribution in [-0.2, 0) is 16.1 Å². The molecule has 0 radical (unpaired) electrons. The second-order valence-corrected chi connectivity index (χ2v) is 6.59. The van der Waals surface area contributed by atoms with Crippen molar-refractivity contribution < 1.29 is 14.3 Å². The Bertz CT molecular complexity index is 510. The van der Waals surface area contributed by atoms with Crippen LogP contribution in [0.3, 0.4) is 0 Å². The van der Waals surface area contributed by atoms with E-state index in [1.165, 1.54) is 0 Å². The third-order valence-electron chi connectivity index (χ3n) is 4.04. The minimum absolute atomic E-state index is 0.0425. The number of carbonyl (C=O) groups is 2. The molecule has 1 aromatic heterocycles. The highest BCUT2D eigenvalue weighted by molar-refractivity contribution is 7.09. The molecule has 3 rings (SSSR count). The van der Waals surface area contributed by atoms with Crippen molar-refractivity contribution in [2.75, 3.05) is 26.2 Å². The normalized spacial score (nSPS) is 21.0. The molecule has 21 heavy (non-hydrogen) atoms. The van der Waals surface area contributed by atoms with Crippen molar-refractivity contribution in [3.63, 3.8) is 0 Å². The van der Waals surface area contributed by atoms with Gasteiger partial charge in [0.05, 0.1) is 19.6 Å². The van der Waals surface area contributed by atoms with Gasteiger partial charge in [0.1, 0.15) is 5.60 Å². The lowest BCUT2D eigenvalue weighted by Crippen LogP contribution is -2.49. The highest BCUT2D eigenvalue weighted by Crippen LogP contribution is 2.28. The number of nitrogens with one attached hydrogen (secondary N) is 2. The molecule has 114 valence electrons. The molecule has 0 aliphatic carbocycles. The number of alkyl carbamates (subject to hydrolysis) is 1. The molecule has 0 aromatic carbocycles. The number of nitrogens with zero attached hydrogens (tertiary/aromatic N) is 1. The Kier molecular flexibility index (Phi) is 4.12. The summed E-state index contributed by atoms with van der Waals surface area (Å²) in [4.78, 5) is 26.4. The zero-order valence-corrected chi connectivity index (χ0v) is 12.6. The summed E-state index contributed by atoms with van der Waals surface area (Å²) in [7, 11) is 0. The summed E-state index contributed by atoms with van der Waals surface area (Å²) in [6, 6.07) is 3.99. The molecule has 2 aliphatic heterocycles. The van der Waals surface area contributed by atoms with Gasteiger partial charge < -0.3 is 15.4 Å². The van der Waals surface area contributed by atoms with Gasteiger partial charge in [-0.05, 0) is 11.4 Å². The zero-order valence-electron chi connectivity index (χ0n) is 11.8. The van der Waals surface area contributed by atoms with Crippen molar-refractivity contribution in [1.29, 1.82) is 0 Å². The first kappa shape index (κ1) is 14.3. The summed E-state index contributed by atoms with van der Waals surface area (Å²) < 4.78 is 5.36. The number of likely N-dealkylation sites (tertiary alicyclic amines) is 1. The van der Waals surface area contributed by atoms with E-state index in [9.17, 15) is 9.59 Å². The molecule has 0 atom stereocenters. The highest BCUT2D eigenvalue weighted by Gasteiger charge is 2.42. The lowest BCUT2D eigenvalue weighted by atomic mass is 9.92. The van der Waals surface area contributed by atoms with Crippen molar-refractivity contribution in [3.8, 4) is 0 Å². The summed E-state index contributed by atoms with van der Waals surface area (Å²) in [5.41, 5.74) is -0.346. The van der Waals surface area contributed by atoms with E-state index in [4.69, 9.17) is 4.74 Å². The summed E-state index contributed by atoms with van der Waals surface area (Å²) in [6.07, 6.45) is 1.24. The number of ether oxygens (including phenoxy) is 1. The smallest absolute Gasteiger partial charge is 0.407 e. The maximum Gasteiger partial charge on any atom is 0.407 e. The SMILES string of the molecule is O=C(CN1CCC2(CC1)CNC(=O)O2)NCc1cccs1. The van der Waals surface area contributed by atoms with Crippen LogP contribution in [0.4, 0.5) is 4.79 Å². The quantitative estimate of drug-likeness (QED) is 0.868. The molecule has 2 aliphatic rings. The fraction of sp³-hybridized carbons (Fsp3) is 0.571. The Morgan fingerprint density at radius 1 is 1.48 bits per heavy atom. The third kappa shape index (κ3) is 3.54. The van der Waals surface area contributed by atoms with E-state index in [-0.39, 0.29) is 17.6 Å². The van der Waals surface area contributed by atoms with E-state index in [0.717, 1.165) is 30.8 Å². The van der Waals surface area contributed by atoms with Crippen molar-refractivity contribution in [3.05, 3.63) is 22.4 Å². The van der Waals surface area contributed by atoms with Crippen LogP contribution in [0.5, 0.6) is 0 Å². The minimum atomic E-state index is -0.346. The first-order chi connectivity index (χ1) is 10.2. The molecule has 6 nitrogen and oxygen atoms in total. The van der Waals surface area contributed by atoms with Gasteiger partial charge in [0.15, 0.2) is 0 Å². The van der Waals surface area contributed by atoms with Gasteiger partial charge in [-0.3, -0.25) is 9.69 Å². The second-order valence-electron chi connectivity index (χ2n) is 5.56. The van der Waals surface area contributed by atoms with Crippen LogP contribution in [0.2, 0.25) is 0 Å². The lowest BCUT2D eigenvalue weighted by molar-refractivity contribution is -0.123. The summed E-state index contributed by atoms with van der Waals surface area (Å²) in [5, 5.41) is 7.65. The number of rotatable bonds is 4. The van der Waals surface area contributed by atoms with Gasteiger partial charge in [-0.15, -0.1) is 11.3 Å². The minimum Gasteiger partial charge on any atom is -0.441 e. The Labute approximate surface area is 127 Å². The van der Waals surface area contributed by atoms with Crippen LogP contribution in [-0.4, -0.2) is 48.7 Å². The lowest BCUT2D eigenvalue weighted by Gasteiger charge is -2.36. The van der Waals surface area contributed by atoms with E-state index in [1.807, 2.05) is 17.5 Å². The predicted molar refractivity (Wildman–Crippen MR) is 79.1 cm³/mol. The van der Waals surface area contributed by atoms with Gasteiger partial charge in [0.2, 0.25) is 5.91 Å². The zero-order chi connectivity index (χ0) is 14.7. The van der Waals surface area contributed by atoms with Crippen LogP contribution >= 0.6 is 11.3 Å². The summed E-state index contributed by atoms with van der Waals surface area (Å²) >= 11 is 1.64. The second kappa shape index (κ2) is 6.03. The Hall–Kier alpha value is -1.60. The number of carbonyl (C=O) groups excluding carboxylic acids is 2. The van der Waals surface area contributed by atoms with Crippen molar-refractivity contribution in [1.82, 2.24) is 15.5 Å². The maximum absolute atomic E-state index is 11.9. The van der Waals surface area contributed by atoms with E-state index in [0.29, 0.717) is 19.6 Å². The number of amides is 2. The monoisotopic (exact) mass is 309 g/mol. The van der Waals surface area contributed by atoms with Crippen LogP contribution in [0.15, 0.2) is 17.5 Å². The van der Waals surface area contributed by atoms with Crippen molar-refractivity contribution in [2.24, 2.45) is 0 Å². The Balaban J connectivity index is 1.40. The van der Waals surface area contributed by atoms with E-state index in [2.05, 4.69) is 15.5 Å². The van der Waals surface area contributed by atoms with Gasteiger partial charge >= 0.3 is 6.09 Å². The average molecular weight is 309 g/mol. The molecule has 1 spiro atoms. The molecule has 1 aromatic rings. The predicted octanol–water partition coefficient (Wildman–Crippen LogP) is 0.939. The van der Waals surface area contributed by atoms with Gasteiger partial charge in [0, 0.05) is 30.8 Å². The molecule has 0 unspecified atom stereocenters. The largest absolute Gasteiger partial charge is 0.441 e. The molecule has 7 heteroatoms. The Morgan fingerprint density at radius 2 is 2.29 bits per heavy atom. The molecule has 0 bridgehead atoms. The molecule has 3 heterocycles. The van der Waals surface area contributed by atoms with Gasteiger partial charge in [-0.25, -0.2) is 4.79 Å². The molecule has 2 amide bonds. The Morgan fingerprint density at radius 3 is 2.90 bits per heavy atom. The van der Waals surface area contributed by atoms with Crippen LogP contribution in [0, 0.1) is 0 Å². The van der Waals surface area contributed by atoms with E-state index < -0.39 is 0 Å². The number of thiophene rings is 1. The summed E-state index contributed by atoms with van der Waals surface area (Å²) in [5.74, 6) is 0.0425. The molecule has 2 saturated heterocycles. The first-order valence-corrected chi connectivity index (χ1v) is 8.01. The van der Waals surface area contributed by atoms with E-state index in [1.54, 1.807) is 11.3 Å².